The monoisotopic (exact) mass is 403 g/mol. The molecule has 7 heteroatoms. The van der Waals surface area contributed by atoms with Crippen molar-refractivity contribution < 1.29 is 14.4 Å². The Bertz CT molecular complexity index is 748. The second-order valence-corrected chi connectivity index (χ2v) is 6.32. The van der Waals surface area contributed by atoms with Crippen LogP contribution in [0.1, 0.15) is 15.9 Å². The predicted molar refractivity (Wildman–Crippen MR) is 97.7 cm³/mol. The van der Waals surface area contributed by atoms with Gasteiger partial charge in [0.15, 0.2) is 0 Å². The molecule has 0 saturated carbocycles. The van der Waals surface area contributed by atoms with Crippen LogP contribution in [0.3, 0.4) is 0 Å². The number of carbonyl (C=O) groups excluding carboxylic acids is 3. The van der Waals surface area contributed by atoms with Crippen molar-refractivity contribution in [1.29, 1.82) is 0 Å². The molecule has 0 aliphatic heterocycles. The summed E-state index contributed by atoms with van der Waals surface area (Å²) in [6.07, 6.45) is 0.279. The lowest BCUT2D eigenvalue weighted by Gasteiger charge is -2.16. The Morgan fingerprint density at radius 3 is 2.24 bits per heavy atom. The van der Waals surface area contributed by atoms with Gasteiger partial charge in [-0.2, -0.15) is 0 Å². The summed E-state index contributed by atoms with van der Waals surface area (Å²) in [5.74, 6) is -1.48. The first-order valence-electron chi connectivity index (χ1n) is 7.62. The van der Waals surface area contributed by atoms with E-state index >= 15 is 0 Å². The highest BCUT2D eigenvalue weighted by molar-refractivity contribution is 9.10. The molecule has 2 aromatic rings. The lowest BCUT2D eigenvalue weighted by atomic mass is 10.1. The topological polar surface area (TPSA) is 101 Å². The third-order valence-electron chi connectivity index (χ3n) is 3.48. The predicted octanol–water partition coefficient (Wildman–Crippen LogP) is 1.39. The Morgan fingerprint density at radius 2 is 1.64 bits per heavy atom. The SMILES string of the molecule is NC(=O)[C@H](Cc1ccc(Br)cc1)NC(=O)CNC(=O)c1ccccc1. The largest absolute Gasteiger partial charge is 0.368 e. The van der Waals surface area contributed by atoms with Crippen LogP contribution in [0, 0.1) is 0 Å². The highest BCUT2D eigenvalue weighted by Gasteiger charge is 2.19. The van der Waals surface area contributed by atoms with Gasteiger partial charge in [-0.05, 0) is 29.8 Å². The first-order valence-corrected chi connectivity index (χ1v) is 8.41. The fourth-order valence-corrected chi connectivity index (χ4v) is 2.44. The number of nitrogens with two attached hydrogens (primary N) is 1. The Hall–Kier alpha value is -2.67. The van der Waals surface area contributed by atoms with Crippen molar-refractivity contribution in [3.63, 3.8) is 0 Å². The van der Waals surface area contributed by atoms with Gasteiger partial charge >= 0.3 is 0 Å². The molecule has 0 aliphatic rings. The fraction of sp³-hybridized carbons (Fsp3) is 0.167. The van der Waals surface area contributed by atoms with E-state index in [0.717, 1.165) is 10.0 Å². The van der Waals surface area contributed by atoms with Crippen molar-refractivity contribution in [3.05, 3.63) is 70.2 Å². The van der Waals surface area contributed by atoms with E-state index in [1.807, 2.05) is 24.3 Å². The van der Waals surface area contributed by atoms with Crippen molar-refractivity contribution in [2.24, 2.45) is 5.73 Å². The summed E-state index contributed by atoms with van der Waals surface area (Å²) in [5, 5.41) is 5.05. The minimum Gasteiger partial charge on any atom is -0.368 e. The van der Waals surface area contributed by atoms with Crippen LogP contribution in [0.25, 0.3) is 0 Å². The molecule has 0 heterocycles. The van der Waals surface area contributed by atoms with Gasteiger partial charge in [0.2, 0.25) is 11.8 Å². The van der Waals surface area contributed by atoms with Crippen LogP contribution in [0.4, 0.5) is 0 Å². The van der Waals surface area contributed by atoms with Crippen LogP contribution in [-0.2, 0) is 16.0 Å². The van der Waals surface area contributed by atoms with Gasteiger partial charge in [0, 0.05) is 16.5 Å². The van der Waals surface area contributed by atoms with Crippen molar-refractivity contribution in [3.8, 4) is 0 Å². The zero-order valence-corrected chi connectivity index (χ0v) is 15.0. The number of hydrogen-bond donors (Lipinski definition) is 3. The fourth-order valence-electron chi connectivity index (χ4n) is 2.18. The molecule has 0 spiro atoms. The number of amides is 3. The standard InChI is InChI=1S/C18H18BrN3O3/c19-14-8-6-12(7-9-14)10-15(17(20)24)22-16(23)11-21-18(25)13-4-2-1-3-5-13/h1-9,15H,10-11H2,(H2,20,24)(H,21,25)(H,22,23)/t15-/m0/s1. The van der Waals surface area contributed by atoms with Crippen molar-refractivity contribution in [2.45, 2.75) is 12.5 Å². The Labute approximate surface area is 153 Å². The van der Waals surface area contributed by atoms with E-state index in [0.29, 0.717) is 5.56 Å². The quantitative estimate of drug-likeness (QED) is 0.650. The number of carbonyl (C=O) groups is 3. The maximum atomic E-state index is 12.0. The van der Waals surface area contributed by atoms with Crippen molar-refractivity contribution >= 4 is 33.7 Å². The highest BCUT2D eigenvalue weighted by atomic mass is 79.9. The van der Waals surface area contributed by atoms with E-state index in [1.165, 1.54) is 0 Å². The molecule has 2 rings (SSSR count). The summed E-state index contributed by atoms with van der Waals surface area (Å²) in [5.41, 5.74) is 6.68. The lowest BCUT2D eigenvalue weighted by Crippen LogP contribution is -2.49. The molecule has 25 heavy (non-hydrogen) atoms. The molecule has 4 N–H and O–H groups in total. The molecule has 3 amide bonds. The average Bonchev–Trinajstić information content (AvgIpc) is 2.61. The van der Waals surface area contributed by atoms with Gasteiger partial charge in [-0.15, -0.1) is 0 Å². The van der Waals surface area contributed by atoms with Crippen LogP contribution in [0.5, 0.6) is 0 Å². The molecule has 1 atom stereocenters. The third-order valence-corrected chi connectivity index (χ3v) is 4.01. The number of benzene rings is 2. The smallest absolute Gasteiger partial charge is 0.251 e. The first kappa shape index (κ1) is 18.7. The number of hydrogen-bond acceptors (Lipinski definition) is 3. The second-order valence-electron chi connectivity index (χ2n) is 5.40. The molecule has 2 aromatic carbocycles. The first-order chi connectivity index (χ1) is 12.0. The average molecular weight is 404 g/mol. The van der Waals surface area contributed by atoms with Crippen LogP contribution in [0.2, 0.25) is 0 Å². The summed E-state index contributed by atoms with van der Waals surface area (Å²) >= 11 is 3.33. The summed E-state index contributed by atoms with van der Waals surface area (Å²) in [7, 11) is 0. The van der Waals surface area contributed by atoms with E-state index in [1.54, 1.807) is 30.3 Å². The zero-order chi connectivity index (χ0) is 18.2. The van der Waals surface area contributed by atoms with Gasteiger partial charge in [-0.1, -0.05) is 46.3 Å². The molecule has 0 bridgehead atoms. The minimum atomic E-state index is -0.845. The van der Waals surface area contributed by atoms with Gasteiger partial charge in [0.25, 0.3) is 5.91 Å². The molecule has 0 saturated heterocycles. The summed E-state index contributed by atoms with van der Waals surface area (Å²) in [6.45, 7) is -0.238. The number of nitrogens with one attached hydrogen (secondary N) is 2. The Morgan fingerprint density at radius 1 is 1.00 bits per heavy atom. The van der Waals surface area contributed by atoms with E-state index in [9.17, 15) is 14.4 Å². The van der Waals surface area contributed by atoms with E-state index in [4.69, 9.17) is 5.73 Å². The van der Waals surface area contributed by atoms with Gasteiger partial charge in [-0.25, -0.2) is 0 Å². The maximum absolute atomic E-state index is 12.0. The zero-order valence-electron chi connectivity index (χ0n) is 13.4. The maximum Gasteiger partial charge on any atom is 0.251 e. The van der Waals surface area contributed by atoms with Gasteiger partial charge in [-0.3, -0.25) is 14.4 Å². The van der Waals surface area contributed by atoms with E-state index < -0.39 is 17.9 Å². The summed E-state index contributed by atoms with van der Waals surface area (Å²) < 4.78 is 0.916. The number of primary amides is 1. The Balaban J connectivity index is 1.88. The van der Waals surface area contributed by atoms with E-state index in [2.05, 4.69) is 26.6 Å². The molecule has 0 aliphatic carbocycles. The van der Waals surface area contributed by atoms with Crippen molar-refractivity contribution in [1.82, 2.24) is 10.6 Å². The molecule has 0 aromatic heterocycles. The van der Waals surface area contributed by atoms with Gasteiger partial charge < -0.3 is 16.4 Å². The molecule has 0 radical (unpaired) electrons. The summed E-state index contributed by atoms with van der Waals surface area (Å²) in [4.78, 5) is 35.5. The van der Waals surface area contributed by atoms with Gasteiger partial charge in [0.1, 0.15) is 6.04 Å². The molecule has 6 nitrogen and oxygen atoms in total. The molecular formula is C18H18BrN3O3. The minimum absolute atomic E-state index is 0.238. The molecule has 0 unspecified atom stereocenters. The highest BCUT2D eigenvalue weighted by Crippen LogP contribution is 2.12. The lowest BCUT2D eigenvalue weighted by molar-refractivity contribution is -0.126. The Kier molecular flexibility index (Phi) is 6.71. The van der Waals surface area contributed by atoms with Crippen LogP contribution < -0.4 is 16.4 Å². The van der Waals surface area contributed by atoms with Crippen LogP contribution in [0.15, 0.2) is 59.1 Å². The molecule has 0 fully saturated rings. The van der Waals surface area contributed by atoms with Crippen molar-refractivity contribution in [2.75, 3.05) is 6.54 Å². The third kappa shape index (κ3) is 6.04. The van der Waals surface area contributed by atoms with Crippen LogP contribution >= 0.6 is 15.9 Å². The second kappa shape index (κ2) is 8.98. The number of rotatable bonds is 7. The van der Waals surface area contributed by atoms with Crippen LogP contribution in [-0.4, -0.2) is 30.3 Å². The van der Waals surface area contributed by atoms with E-state index in [-0.39, 0.29) is 18.9 Å². The van der Waals surface area contributed by atoms with Gasteiger partial charge in [0.05, 0.1) is 6.54 Å². The number of halogens is 1. The summed E-state index contributed by atoms with van der Waals surface area (Å²) in [6, 6.07) is 15.1. The molecular weight excluding hydrogens is 386 g/mol. The molecule has 130 valence electrons. The normalized spacial score (nSPS) is 11.4.